The van der Waals surface area contributed by atoms with Crippen molar-refractivity contribution in [1.29, 1.82) is 0 Å². The monoisotopic (exact) mass is 663 g/mol. The van der Waals surface area contributed by atoms with E-state index >= 15 is 0 Å². The molecule has 0 unspecified atom stereocenters. The highest BCUT2D eigenvalue weighted by Gasteiger charge is 2.33. The van der Waals surface area contributed by atoms with Crippen molar-refractivity contribution in [3.05, 3.63) is 92.4 Å². The van der Waals surface area contributed by atoms with E-state index in [1.165, 1.54) is 29.2 Å². The molecule has 1 fully saturated rings. The smallest absolute Gasteiger partial charge is 0.368 e. The van der Waals surface area contributed by atoms with Crippen LogP contribution in [0.5, 0.6) is 0 Å². The fraction of sp³-hybridized carbons (Fsp3) is 0.269. The van der Waals surface area contributed by atoms with Gasteiger partial charge in [0, 0.05) is 52.9 Å². The van der Waals surface area contributed by atoms with Crippen molar-refractivity contribution < 1.29 is 26.4 Å². The molecule has 39 heavy (non-hydrogen) atoms. The second kappa shape index (κ2) is 12.1. The topological polar surface area (TPSA) is 60.9 Å². The molecule has 0 aromatic heterocycles. The summed E-state index contributed by atoms with van der Waals surface area (Å²) in [6.45, 7) is 0.447. The molecule has 3 aromatic carbocycles. The lowest BCUT2D eigenvalue weighted by atomic mass is 10.1. The van der Waals surface area contributed by atoms with Crippen molar-refractivity contribution >= 4 is 60.7 Å². The quantitative estimate of drug-likeness (QED) is 0.297. The van der Waals surface area contributed by atoms with Gasteiger partial charge in [0.05, 0.1) is 17.0 Å². The standard InChI is InChI=1S/C26H23BrCl2F3N3O3S/c27-20-5-8-23(9-6-20)39(37,38)35(16-18-4-7-21(28)15-24(18)29)17-25(36)34-12-10-33(11-13-34)22-3-1-2-19(14-22)26(30,31)32/h1-9,14-15H,10-13,16-17H2. The highest BCUT2D eigenvalue weighted by molar-refractivity contribution is 9.10. The zero-order valence-corrected chi connectivity index (χ0v) is 24.3. The Kier molecular flexibility index (Phi) is 9.17. The summed E-state index contributed by atoms with van der Waals surface area (Å²) in [5, 5.41) is 0.654. The Bertz CT molecular complexity index is 1450. The van der Waals surface area contributed by atoms with Crippen molar-refractivity contribution in [2.75, 3.05) is 37.6 Å². The van der Waals surface area contributed by atoms with Gasteiger partial charge in [-0.1, -0.05) is 51.3 Å². The van der Waals surface area contributed by atoms with Gasteiger partial charge in [-0.25, -0.2) is 8.42 Å². The van der Waals surface area contributed by atoms with E-state index in [1.807, 2.05) is 0 Å². The lowest BCUT2D eigenvalue weighted by Crippen LogP contribution is -2.51. The average Bonchev–Trinajstić information content (AvgIpc) is 2.89. The largest absolute Gasteiger partial charge is 0.416 e. The summed E-state index contributed by atoms with van der Waals surface area (Å²) in [6.07, 6.45) is -4.45. The van der Waals surface area contributed by atoms with E-state index in [0.29, 0.717) is 33.8 Å². The minimum absolute atomic E-state index is 0.0120. The van der Waals surface area contributed by atoms with Crippen LogP contribution >= 0.6 is 39.1 Å². The first kappa shape index (κ1) is 29.7. The van der Waals surface area contributed by atoms with Crippen LogP contribution in [-0.2, 0) is 27.5 Å². The third-order valence-corrected chi connectivity index (χ3v) is 9.22. The summed E-state index contributed by atoms with van der Waals surface area (Å²) in [4.78, 5) is 16.6. The predicted molar refractivity (Wildman–Crippen MR) is 148 cm³/mol. The third-order valence-electron chi connectivity index (χ3n) is 6.30. The summed E-state index contributed by atoms with van der Waals surface area (Å²) >= 11 is 15.6. The van der Waals surface area contributed by atoms with Crippen LogP contribution in [0.4, 0.5) is 18.9 Å². The highest BCUT2D eigenvalue weighted by Crippen LogP contribution is 2.32. The molecule has 0 aliphatic carbocycles. The van der Waals surface area contributed by atoms with Crippen molar-refractivity contribution in [2.45, 2.75) is 17.6 Å². The first-order chi connectivity index (χ1) is 18.3. The van der Waals surface area contributed by atoms with Gasteiger partial charge in [-0.3, -0.25) is 4.79 Å². The minimum Gasteiger partial charge on any atom is -0.368 e. The third kappa shape index (κ3) is 7.26. The number of carbonyl (C=O) groups is 1. The number of hydrogen-bond acceptors (Lipinski definition) is 4. The maximum Gasteiger partial charge on any atom is 0.416 e. The van der Waals surface area contributed by atoms with Crippen molar-refractivity contribution in [3.8, 4) is 0 Å². The lowest BCUT2D eigenvalue weighted by molar-refractivity contribution is -0.137. The molecule has 0 spiro atoms. The fourth-order valence-corrected chi connectivity index (χ4v) is 6.27. The van der Waals surface area contributed by atoms with E-state index in [9.17, 15) is 26.4 Å². The minimum atomic E-state index is -4.45. The molecule has 0 saturated carbocycles. The number of benzene rings is 3. The van der Waals surface area contributed by atoms with E-state index in [0.717, 1.165) is 16.4 Å². The molecule has 1 aliphatic rings. The molecule has 4 rings (SSSR count). The van der Waals surface area contributed by atoms with Crippen LogP contribution in [0.25, 0.3) is 0 Å². The Morgan fingerprint density at radius 3 is 2.23 bits per heavy atom. The molecule has 208 valence electrons. The van der Waals surface area contributed by atoms with Gasteiger partial charge in [0.2, 0.25) is 15.9 Å². The fourth-order valence-electron chi connectivity index (χ4n) is 4.17. The first-order valence-electron chi connectivity index (χ1n) is 11.7. The summed E-state index contributed by atoms with van der Waals surface area (Å²) in [6, 6.07) is 15.8. The van der Waals surface area contributed by atoms with E-state index in [1.54, 1.807) is 35.2 Å². The summed E-state index contributed by atoms with van der Waals surface area (Å²) in [7, 11) is -4.09. The molecule has 1 amide bonds. The molecule has 6 nitrogen and oxygen atoms in total. The van der Waals surface area contributed by atoms with Gasteiger partial charge in [-0.2, -0.15) is 17.5 Å². The first-order valence-corrected chi connectivity index (χ1v) is 14.7. The molecular weight excluding hydrogens is 642 g/mol. The SMILES string of the molecule is O=C(CN(Cc1ccc(Cl)cc1Cl)S(=O)(=O)c1ccc(Br)cc1)N1CCN(c2cccc(C(F)(F)F)c2)CC1. The van der Waals surface area contributed by atoms with E-state index in [2.05, 4.69) is 15.9 Å². The van der Waals surface area contributed by atoms with Gasteiger partial charge in [0.25, 0.3) is 0 Å². The number of hydrogen-bond donors (Lipinski definition) is 0. The zero-order valence-electron chi connectivity index (χ0n) is 20.3. The van der Waals surface area contributed by atoms with Gasteiger partial charge in [-0.15, -0.1) is 0 Å². The number of alkyl halides is 3. The molecule has 1 saturated heterocycles. The Morgan fingerprint density at radius 1 is 0.949 bits per heavy atom. The zero-order chi connectivity index (χ0) is 28.4. The van der Waals surface area contributed by atoms with Crippen LogP contribution < -0.4 is 4.90 Å². The molecule has 1 heterocycles. The van der Waals surface area contributed by atoms with Gasteiger partial charge in [0.1, 0.15) is 0 Å². The normalized spacial score (nSPS) is 14.6. The molecule has 0 radical (unpaired) electrons. The highest BCUT2D eigenvalue weighted by atomic mass is 79.9. The van der Waals surface area contributed by atoms with Crippen LogP contribution in [-0.4, -0.2) is 56.3 Å². The number of nitrogens with zero attached hydrogens (tertiary/aromatic N) is 3. The lowest BCUT2D eigenvalue weighted by Gasteiger charge is -2.37. The molecule has 1 aliphatic heterocycles. The van der Waals surface area contributed by atoms with Gasteiger partial charge in [-0.05, 0) is 60.2 Å². The maximum absolute atomic E-state index is 13.6. The number of piperazine rings is 1. The van der Waals surface area contributed by atoms with Crippen LogP contribution in [0.3, 0.4) is 0 Å². The Morgan fingerprint density at radius 2 is 1.62 bits per heavy atom. The number of halogens is 6. The summed E-state index contributed by atoms with van der Waals surface area (Å²) in [5.41, 5.74) is 0.144. The predicted octanol–water partition coefficient (Wildman–Crippen LogP) is 6.31. The average molecular weight is 665 g/mol. The Balaban J connectivity index is 1.51. The maximum atomic E-state index is 13.6. The van der Waals surface area contributed by atoms with Gasteiger partial charge < -0.3 is 9.80 Å². The summed E-state index contributed by atoms with van der Waals surface area (Å²) in [5.74, 6) is -0.426. The molecule has 0 bridgehead atoms. The number of amides is 1. The van der Waals surface area contributed by atoms with Gasteiger partial charge >= 0.3 is 6.18 Å². The molecule has 3 aromatic rings. The van der Waals surface area contributed by atoms with Crippen molar-refractivity contribution in [3.63, 3.8) is 0 Å². The molecule has 0 atom stereocenters. The van der Waals surface area contributed by atoms with Crippen LogP contribution in [0.2, 0.25) is 10.0 Å². The number of rotatable bonds is 7. The molecular formula is C26H23BrCl2F3N3O3S. The van der Waals surface area contributed by atoms with E-state index in [-0.39, 0.29) is 29.6 Å². The molecule has 13 heteroatoms. The van der Waals surface area contributed by atoms with E-state index in [4.69, 9.17) is 23.2 Å². The van der Waals surface area contributed by atoms with Gasteiger partial charge in [0.15, 0.2) is 0 Å². The number of carbonyl (C=O) groups excluding carboxylic acids is 1. The summed E-state index contributed by atoms with van der Waals surface area (Å²) < 4.78 is 68.3. The Labute approximate surface area is 243 Å². The van der Waals surface area contributed by atoms with Crippen molar-refractivity contribution in [2.24, 2.45) is 0 Å². The Hall–Kier alpha value is -2.31. The van der Waals surface area contributed by atoms with E-state index < -0.39 is 34.2 Å². The van der Waals surface area contributed by atoms with Crippen LogP contribution in [0.1, 0.15) is 11.1 Å². The molecule has 0 N–H and O–H groups in total. The van der Waals surface area contributed by atoms with Crippen LogP contribution in [0.15, 0.2) is 76.1 Å². The second-order valence-electron chi connectivity index (χ2n) is 8.88. The number of anilines is 1. The number of sulfonamides is 1. The second-order valence-corrected chi connectivity index (χ2v) is 12.6. The van der Waals surface area contributed by atoms with Crippen molar-refractivity contribution in [1.82, 2.24) is 9.21 Å². The van der Waals surface area contributed by atoms with Crippen LogP contribution in [0, 0.1) is 0 Å².